The summed E-state index contributed by atoms with van der Waals surface area (Å²) < 4.78 is 0. The summed E-state index contributed by atoms with van der Waals surface area (Å²) in [7, 11) is 0. The van der Waals surface area contributed by atoms with Crippen LogP contribution in [-0.4, -0.2) is 29.9 Å². The summed E-state index contributed by atoms with van der Waals surface area (Å²) >= 11 is 0. The molecule has 2 aliphatic rings. The molecule has 0 bridgehead atoms. The second-order valence-electron chi connectivity index (χ2n) is 8.16. The molecule has 1 aliphatic heterocycles. The second-order valence-corrected chi connectivity index (χ2v) is 8.16. The molecule has 152 valence electrons. The molecule has 5 rings (SSSR count). The zero-order valence-electron chi connectivity index (χ0n) is 16.9. The SMILES string of the molecule is O=C(Nc1ccc2c3c(cccc13)CC2)C1CCN(C(=O)Nc2ccccc2)CC1. The number of nitrogens with zero attached hydrogens (tertiary/aromatic N) is 1. The maximum atomic E-state index is 12.9. The molecule has 1 aliphatic carbocycles. The van der Waals surface area contributed by atoms with Gasteiger partial charge >= 0.3 is 6.03 Å². The maximum absolute atomic E-state index is 12.9. The molecule has 2 N–H and O–H groups in total. The Labute approximate surface area is 176 Å². The van der Waals surface area contributed by atoms with E-state index in [4.69, 9.17) is 0 Å². The first kappa shape index (κ1) is 18.7. The second kappa shape index (κ2) is 7.82. The Morgan fingerprint density at radius 2 is 1.53 bits per heavy atom. The van der Waals surface area contributed by atoms with Gasteiger partial charge in [-0.2, -0.15) is 0 Å². The van der Waals surface area contributed by atoms with Crippen LogP contribution < -0.4 is 10.6 Å². The molecule has 1 fully saturated rings. The van der Waals surface area contributed by atoms with Crippen LogP contribution >= 0.6 is 0 Å². The minimum Gasteiger partial charge on any atom is -0.325 e. The van der Waals surface area contributed by atoms with E-state index in [9.17, 15) is 9.59 Å². The minimum atomic E-state index is -0.104. The smallest absolute Gasteiger partial charge is 0.321 e. The Hall–Kier alpha value is -3.34. The average Bonchev–Trinajstić information content (AvgIpc) is 3.21. The van der Waals surface area contributed by atoms with Crippen molar-refractivity contribution in [2.24, 2.45) is 5.92 Å². The summed E-state index contributed by atoms with van der Waals surface area (Å²) in [5, 5.41) is 8.52. The van der Waals surface area contributed by atoms with Crippen LogP contribution in [0.3, 0.4) is 0 Å². The lowest BCUT2D eigenvalue weighted by molar-refractivity contribution is -0.121. The van der Waals surface area contributed by atoms with Gasteiger partial charge in [0.15, 0.2) is 0 Å². The lowest BCUT2D eigenvalue weighted by Crippen LogP contribution is -2.43. The number of carbonyl (C=O) groups is 2. The lowest BCUT2D eigenvalue weighted by Gasteiger charge is -2.31. The Morgan fingerprint density at radius 3 is 2.30 bits per heavy atom. The Balaban J connectivity index is 1.22. The molecule has 3 aromatic rings. The van der Waals surface area contributed by atoms with Crippen LogP contribution in [0, 0.1) is 5.92 Å². The van der Waals surface area contributed by atoms with E-state index < -0.39 is 0 Å². The summed E-state index contributed by atoms with van der Waals surface area (Å²) in [6.45, 7) is 1.17. The van der Waals surface area contributed by atoms with Crippen molar-refractivity contribution in [1.82, 2.24) is 4.90 Å². The van der Waals surface area contributed by atoms with E-state index in [2.05, 4.69) is 34.9 Å². The van der Waals surface area contributed by atoms with Crippen LogP contribution in [0.5, 0.6) is 0 Å². The number of aryl methyl sites for hydroxylation is 2. The van der Waals surface area contributed by atoms with Crippen molar-refractivity contribution in [1.29, 1.82) is 0 Å². The average molecular weight is 399 g/mol. The zero-order chi connectivity index (χ0) is 20.5. The molecule has 1 saturated heterocycles. The molecule has 5 heteroatoms. The highest BCUT2D eigenvalue weighted by Gasteiger charge is 2.28. The molecular weight excluding hydrogens is 374 g/mol. The first-order chi connectivity index (χ1) is 14.7. The highest BCUT2D eigenvalue weighted by molar-refractivity contribution is 6.05. The molecule has 0 radical (unpaired) electrons. The third-order valence-electron chi connectivity index (χ3n) is 6.31. The number of hydrogen-bond acceptors (Lipinski definition) is 2. The predicted octanol–water partition coefficient (Wildman–Crippen LogP) is 4.82. The topological polar surface area (TPSA) is 61.4 Å². The van der Waals surface area contributed by atoms with E-state index >= 15 is 0 Å². The van der Waals surface area contributed by atoms with E-state index in [1.807, 2.05) is 36.4 Å². The van der Waals surface area contributed by atoms with Gasteiger partial charge in [-0.3, -0.25) is 4.79 Å². The molecule has 0 spiro atoms. The van der Waals surface area contributed by atoms with Crippen molar-refractivity contribution in [3.05, 3.63) is 71.8 Å². The Kier molecular flexibility index (Phi) is 4.87. The number of anilines is 2. The largest absolute Gasteiger partial charge is 0.325 e. The molecule has 0 aromatic heterocycles. The number of urea groups is 1. The van der Waals surface area contributed by atoms with E-state index in [0.717, 1.165) is 29.6 Å². The fourth-order valence-corrected chi connectivity index (χ4v) is 4.66. The van der Waals surface area contributed by atoms with Gasteiger partial charge in [-0.1, -0.05) is 42.5 Å². The highest BCUT2D eigenvalue weighted by Crippen LogP contribution is 2.35. The summed E-state index contributed by atoms with van der Waals surface area (Å²) in [6.07, 6.45) is 3.51. The molecule has 3 aromatic carbocycles. The van der Waals surface area contributed by atoms with E-state index in [1.54, 1.807) is 4.90 Å². The number of nitrogens with one attached hydrogen (secondary N) is 2. The van der Waals surface area contributed by atoms with Crippen LogP contribution in [0.1, 0.15) is 24.0 Å². The van der Waals surface area contributed by atoms with Crippen molar-refractivity contribution in [2.45, 2.75) is 25.7 Å². The summed E-state index contributed by atoms with van der Waals surface area (Å²) in [5.41, 5.74) is 4.42. The van der Waals surface area contributed by atoms with Gasteiger partial charge in [-0.15, -0.1) is 0 Å². The zero-order valence-corrected chi connectivity index (χ0v) is 16.9. The van der Waals surface area contributed by atoms with Crippen molar-refractivity contribution >= 4 is 34.1 Å². The minimum absolute atomic E-state index is 0.0526. The maximum Gasteiger partial charge on any atom is 0.321 e. The van der Waals surface area contributed by atoms with Crippen LogP contribution in [-0.2, 0) is 17.6 Å². The van der Waals surface area contributed by atoms with Crippen molar-refractivity contribution < 1.29 is 9.59 Å². The van der Waals surface area contributed by atoms with Gasteiger partial charge in [-0.25, -0.2) is 4.79 Å². The summed E-state index contributed by atoms with van der Waals surface area (Å²) in [5.74, 6) is -0.0226. The van der Waals surface area contributed by atoms with Crippen molar-refractivity contribution in [3.8, 4) is 0 Å². The third-order valence-corrected chi connectivity index (χ3v) is 6.31. The molecular formula is C25H25N3O2. The normalized spacial score (nSPS) is 15.9. The van der Waals surface area contributed by atoms with Gasteiger partial charge in [0.05, 0.1) is 0 Å². The van der Waals surface area contributed by atoms with Gasteiger partial charge < -0.3 is 15.5 Å². The molecule has 0 unspecified atom stereocenters. The van der Waals surface area contributed by atoms with E-state index in [-0.39, 0.29) is 17.9 Å². The predicted molar refractivity (Wildman–Crippen MR) is 120 cm³/mol. The van der Waals surface area contributed by atoms with Crippen molar-refractivity contribution in [3.63, 3.8) is 0 Å². The van der Waals surface area contributed by atoms with E-state index in [0.29, 0.717) is 25.9 Å². The van der Waals surface area contributed by atoms with Crippen LogP contribution in [0.4, 0.5) is 16.2 Å². The summed E-state index contributed by atoms with van der Waals surface area (Å²) in [6, 6.07) is 19.9. The molecule has 1 heterocycles. The number of para-hydroxylation sites is 1. The van der Waals surface area contributed by atoms with Gasteiger partial charge in [0, 0.05) is 35.8 Å². The number of hydrogen-bond donors (Lipinski definition) is 2. The molecule has 30 heavy (non-hydrogen) atoms. The van der Waals surface area contributed by atoms with E-state index in [1.165, 1.54) is 16.5 Å². The first-order valence-corrected chi connectivity index (χ1v) is 10.6. The number of benzene rings is 3. The van der Waals surface area contributed by atoms with Gasteiger partial charge in [-0.05, 0) is 60.4 Å². The number of amides is 3. The van der Waals surface area contributed by atoms with Gasteiger partial charge in [0.25, 0.3) is 0 Å². The highest BCUT2D eigenvalue weighted by atomic mass is 16.2. The fraction of sp³-hybridized carbons (Fsp3) is 0.280. The number of likely N-dealkylation sites (tertiary alicyclic amines) is 1. The van der Waals surface area contributed by atoms with Crippen LogP contribution in [0.15, 0.2) is 60.7 Å². The third kappa shape index (κ3) is 3.52. The van der Waals surface area contributed by atoms with Crippen molar-refractivity contribution in [2.75, 3.05) is 23.7 Å². The van der Waals surface area contributed by atoms with Gasteiger partial charge in [0.1, 0.15) is 0 Å². The molecule has 0 atom stereocenters. The summed E-state index contributed by atoms with van der Waals surface area (Å²) in [4.78, 5) is 27.2. The number of piperidine rings is 1. The van der Waals surface area contributed by atoms with Crippen LogP contribution in [0.2, 0.25) is 0 Å². The quantitative estimate of drug-likeness (QED) is 0.663. The van der Waals surface area contributed by atoms with Crippen LogP contribution in [0.25, 0.3) is 10.8 Å². The molecule has 3 amide bonds. The molecule has 0 saturated carbocycles. The molecule has 5 nitrogen and oxygen atoms in total. The number of rotatable bonds is 3. The number of carbonyl (C=O) groups excluding carboxylic acids is 2. The fourth-order valence-electron chi connectivity index (χ4n) is 4.66. The Morgan fingerprint density at radius 1 is 0.800 bits per heavy atom. The lowest BCUT2D eigenvalue weighted by atomic mass is 9.95. The monoisotopic (exact) mass is 399 g/mol. The first-order valence-electron chi connectivity index (χ1n) is 10.6. The standard InChI is InChI=1S/C25H25N3O2/c29-24(27-22-12-11-18-10-9-17-5-4-8-21(22)23(17)18)19-13-15-28(16-14-19)25(30)26-20-6-2-1-3-7-20/h1-8,11-12,19H,9-10,13-16H2,(H,26,30)(H,27,29). The Bertz CT molecular complexity index is 1090. The van der Waals surface area contributed by atoms with Gasteiger partial charge in [0.2, 0.25) is 5.91 Å².